The highest BCUT2D eigenvalue weighted by molar-refractivity contribution is 9.10. The highest BCUT2D eigenvalue weighted by Gasteiger charge is 2.20. The van der Waals surface area contributed by atoms with Gasteiger partial charge in [-0.1, -0.05) is 22.9 Å². The van der Waals surface area contributed by atoms with Crippen molar-refractivity contribution in [1.29, 1.82) is 0 Å². The molecular weight excluding hydrogens is 285 g/mol. The fraction of sp³-hybridized carbons (Fsp3) is 0.462. The molecule has 0 fully saturated rings. The minimum Gasteiger partial charge on any atom is -0.336 e. The number of rotatable bonds is 4. The molecule has 0 radical (unpaired) electrons. The van der Waals surface area contributed by atoms with Crippen LogP contribution in [0.2, 0.25) is 0 Å². The van der Waals surface area contributed by atoms with Gasteiger partial charge in [0.15, 0.2) is 0 Å². The van der Waals surface area contributed by atoms with Gasteiger partial charge in [-0.15, -0.1) is 0 Å². The third-order valence-electron chi connectivity index (χ3n) is 2.51. The summed E-state index contributed by atoms with van der Waals surface area (Å²) in [6, 6.07) is 4.59. The molecular formula is C13H17BrFNO. The minimum absolute atomic E-state index is 0.0745. The summed E-state index contributed by atoms with van der Waals surface area (Å²) < 4.78 is 14.3. The van der Waals surface area contributed by atoms with Crippen molar-refractivity contribution in [3.05, 3.63) is 34.1 Å². The van der Waals surface area contributed by atoms with Gasteiger partial charge in [-0.2, -0.15) is 0 Å². The molecule has 0 aliphatic rings. The van der Waals surface area contributed by atoms with E-state index >= 15 is 0 Å². The predicted octanol–water partition coefficient (Wildman–Crippen LogP) is 3.85. The van der Waals surface area contributed by atoms with Gasteiger partial charge in [-0.25, -0.2) is 4.39 Å². The minimum atomic E-state index is -0.480. The van der Waals surface area contributed by atoms with Crippen LogP contribution >= 0.6 is 15.9 Å². The first kappa shape index (κ1) is 14.2. The van der Waals surface area contributed by atoms with Gasteiger partial charge in [0.05, 0.1) is 5.56 Å². The van der Waals surface area contributed by atoms with E-state index in [-0.39, 0.29) is 17.5 Å². The van der Waals surface area contributed by atoms with Crippen LogP contribution in [0.4, 0.5) is 4.39 Å². The van der Waals surface area contributed by atoms with Crippen LogP contribution in [-0.2, 0) is 0 Å². The van der Waals surface area contributed by atoms with E-state index < -0.39 is 5.82 Å². The number of halogens is 2. The zero-order chi connectivity index (χ0) is 13.0. The van der Waals surface area contributed by atoms with Crippen molar-refractivity contribution in [3.8, 4) is 0 Å². The van der Waals surface area contributed by atoms with E-state index in [0.717, 1.165) is 6.42 Å². The Hall–Kier alpha value is -0.900. The van der Waals surface area contributed by atoms with E-state index in [9.17, 15) is 9.18 Å². The van der Waals surface area contributed by atoms with Crippen molar-refractivity contribution in [2.24, 2.45) is 0 Å². The molecule has 0 saturated carbocycles. The van der Waals surface area contributed by atoms with E-state index in [0.29, 0.717) is 11.0 Å². The maximum Gasteiger partial charge on any atom is 0.257 e. The molecule has 0 N–H and O–H groups in total. The van der Waals surface area contributed by atoms with Crippen LogP contribution in [-0.4, -0.2) is 23.4 Å². The van der Waals surface area contributed by atoms with Gasteiger partial charge in [-0.3, -0.25) is 4.79 Å². The number of carbonyl (C=O) groups excluding carboxylic acids is 1. The quantitative estimate of drug-likeness (QED) is 0.827. The molecule has 1 rings (SSSR count). The lowest BCUT2D eigenvalue weighted by molar-refractivity contribution is 0.0701. The Morgan fingerprint density at radius 3 is 2.59 bits per heavy atom. The van der Waals surface area contributed by atoms with E-state index in [1.165, 1.54) is 12.1 Å². The van der Waals surface area contributed by atoms with Gasteiger partial charge in [0.1, 0.15) is 5.82 Å². The molecule has 0 atom stereocenters. The lowest BCUT2D eigenvalue weighted by atomic mass is 10.1. The molecule has 0 unspecified atom stereocenters. The lowest BCUT2D eigenvalue weighted by Gasteiger charge is -2.26. The first-order valence-electron chi connectivity index (χ1n) is 5.73. The highest BCUT2D eigenvalue weighted by atomic mass is 79.9. The van der Waals surface area contributed by atoms with Gasteiger partial charge in [-0.05, 0) is 38.5 Å². The van der Waals surface area contributed by atoms with Crippen LogP contribution in [0.25, 0.3) is 0 Å². The van der Waals surface area contributed by atoms with Crippen molar-refractivity contribution >= 4 is 21.8 Å². The van der Waals surface area contributed by atoms with Crippen molar-refractivity contribution in [2.45, 2.75) is 33.2 Å². The van der Waals surface area contributed by atoms with Gasteiger partial charge in [0.25, 0.3) is 5.91 Å². The summed E-state index contributed by atoms with van der Waals surface area (Å²) in [6.07, 6.45) is 0.863. The van der Waals surface area contributed by atoms with Crippen LogP contribution in [0.5, 0.6) is 0 Å². The monoisotopic (exact) mass is 301 g/mol. The maximum absolute atomic E-state index is 13.7. The standard InChI is InChI=1S/C13H17BrFNO/c1-4-7-16(9(2)3)13(17)11-6-5-10(14)8-12(11)15/h5-6,8-9H,4,7H2,1-3H3. The largest absolute Gasteiger partial charge is 0.336 e. The zero-order valence-electron chi connectivity index (χ0n) is 10.3. The Kier molecular flexibility index (Phi) is 5.12. The number of hydrogen-bond donors (Lipinski definition) is 0. The maximum atomic E-state index is 13.7. The molecule has 0 saturated heterocycles. The number of amides is 1. The topological polar surface area (TPSA) is 20.3 Å². The van der Waals surface area contributed by atoms with Crippen LogP contribution in [0.1, 0.15) is 37.6 Å². The second-order valence-electron chi connectivity index (χ2n) is 4.22. The normalized spacial score (nSPS) is 10.7. The van der Waals surface area contributed by atoms with Crippen LogP contribution in [0.15, 0.2) is 22.7 Å². The Morgan fingerprint density at radius 1 is 1.47 bits per heavy atom. The van der Waals surface area contributed by atoms with E-state index in [2.05, 4.69) is 15.9 Å². The van der Waals surface area contributed by atoms with E-state index in [1.54, 1.807) is 11.0 Å². The van der Waals surface area contributed by atoms with Crippen LogP contribution in [0.3, 0.4) is 0 Å². The van der Waals surface area contributed by atoms with Gasteiger partial charge < -0.3 is 4.90 Å². The smallest absolute Gasteiger partial charge is 0.257 e. The molecule has 4 heteroatoms. The fourth-order valence-electron chi connectivity index (χ4n) is 1.65. The summed E-state index contributed by atoms with van der Waals surface area (Å²) in [5, 5.41) is 0. The van der Waals surface area contributed by atoms with Crippen molar-refractivity contribution < 1.29 is 9.18 Å². The average molecular weight is 302 g/mol. The summed E-state index contributed by atoms with van der Waals surface area (Å²) >= 11 is 3.18. The summed E-state index contributed by atoms with van der Waals surface area (Å²) in [7, 11) is 0. The first-order chi connectivity index (χ1) is 7.97. The first-order valence-corrected chi connectivity index (χ1v) is 6.52. The number of benzene rings is 1. The zero-order valence-corrected chi connectivity index (χ0v) is 11.9. The Balaban J connectivity index is 3.01. The third kappa shape index (κ3) is 3.53. The van der Waals surface area contributed by atoms with Gasteiger partial charge in [0, 0.05) is 17.1 Å². The van der Waals surface area contributed by atoms with Crippen molar-refractivity contribution in [3.63, 3.8) is 0 Å². The van der Waals surface area contributed by atoms with E-state index in [1.807, 2.05) is 20.8 Å². The molecule has 1 aromatic carbocycles. The summed E-state index contributed by atoms with van der Waals surface area (Å²) in [6.45, 7) is 6.52. The van der Waals surface area contributed by atoms with Crippen molar-refractivity contribution in [2.75, 3.05) is 6.54 Å². The molecule has 0 aliphatic heterocycles. The van der Waals surface area contributed by atoms with Gasteiger partial charge in [0.2, 0.25) is 0 Å². The number of hydrogen-bond acceptors (Lipinski definition) is 1. The molecule has 1 aromatic rings. The van der Waals surface area contributed by atoms with Gasteiger partial charge >= 0.3 is 0 Å². The predicted molar refractivity (Wildman–Crippen MR) is 70.6 cm³/mol. The highest BCUT2D eigenvalue weighted by Crippen LogP contribution is 2.18. The second-order valence-corrected chi connectivity index (χ2v) is 5.13. The third-order valence-corrected chi connectivity index (χ3v) is 3.00. The Morgan fingerprint density at radius 2 is 2.12 bits per heavy atom. The SMILES string of the molecule is CCCN(C(=O)c1ccc(Br)cc1F)C(C)C. The summed E-state index contributed by atoms with van der Waals surface area (Å²) in [4.78, 5) is 13.9. The fourth-order valence-corrected chi connectivity index (χ4v) is 1.99. The second kappa shape index (κ2) is 6.15. The summed E-state index contributed by atoms with van der Waals surface area (Å²) in [5.41, 5.74) is 0.135. The molecule has 1 amide bonds. The Bertz CT molecular complexity index is 406. The van der Waals surface area contributed by atoms with Crippen LogP contribution < -0.4 is 0 Å². The molecule has 0 heterocycles. The average Bonchev–Trinajstić information content (AvgIpc) is 2.24. The number of nitrogens with zero attached hydrogens (tertiary/aromatic N) is 1. The van der Waals surface area contributed by atoms with Crippen LogP contribution in [0, 0.1) is 5.82 Å². The molecule has 0 bridgehead atoms. The number of carbonyl (C=O) groups is 1. The molecule has 0 aromatic heterocycles. The van der Waals surface area contributed by atoms with E-state index in [4.69, 9.17) is 0 Å². The lowest BCUT2D eigenvalue weighted by Crippen LogP contribution is -2.37. The summed E-state index contributed by atoms with van der Waals surface area (Å²) in [5.74, 6) is -0.724. The van der Waals surface area contributed by atoms with Crippen molar-refractivity contribution in [1.82, 2.24) is 4.90 Å². The molecule has 94 valence electrons. The Labute approximate surface area is 110 Å². The molecule has 0 aliphatic carbocycles. The molecule has 2 nitrogen and oxygen atoms in total. The molecule has 17 heavy (non-hydrogen) atoms. The molecule has 0 spiro atoms.